The van der Waals surface area contributed by atoms with Crippen LogP contribution in [0.4, 0.5) is 11.8 Å². The Kier molecular flexibility index (Phi) is 2.65. The lowest BCUT2D eigenvalue weighted by molar-refractivity contribution is 0.359. The normalized spacial score (nSPS) is 13.9. The number of aromatic nitrogens is 4. The van der Waals surface area contributed by atoms with Crippen molar-refractivity contribution >= 4 is 22.9 Å². The molecule has 4 N–H and O–H groups in total. The molecule has 6 nitrogen and oxygen atoms in total. The minimum atomic E-state index is 0.127. The van der Waals surface area contributed by atoms with Crippen molar-refractivity contribution in [2.24, 2.45) is 5.41 Å². The van der Waals surface area contributed by atoms with Crippen molar-refractivity contribution in [2.45, 2.75) is 33.7 Å². The first-order valence-corrected chi connectivity index (χ1v) is 5.61. The maximum absolute atomic E-state index is 5.66. The van der Waals surface area contributed by atoms with Crippen molar-refractivity contribution in [2.75, 3.05) is 11.1 Å². The van der Waals surface area contributed by atoms with E-state index >= 15 is 0 Å². The average Bonchev–Trinajstić information content (AvgIpc) is 2.63. The van der Waals surface area contributed by atoms with Gasteiger partial charge in [-0.25, -0.2) is 4.98 Å². The average molecular weight is 234 g/mol. The monoisotopic (exact) mass is 234 g/mol. The lowest BCUT2D eigenvalue weighted by Crippen LogP contribution is -2.31. The molecule has 2 aromatic rings. The summed E-state index contributed by atoms with van der Waals surface area (Å²) in [4.78, 5) is 15.4. The summed E-state index contributed by atoms with van der Waals surface area (Å²) in [6.07, 6.45) is 1.59. The third kappa shape index (κ3) is 2.30. The number of nitrogens with one attached hydrogen (secondary N) is 2. The van der Waals surface area contributed by atoms with E-state index in [-0.39, 0.29) is 17.4 Å². The lowest BCUT2D eigenvalue weighted by atomic mass is 9.88. The van der Waals surface area contributed by atoms with Gasteiger partial charge in [-0.05, 0) is 12.3 Å². The van der Waals surface area contributed by atoms with Crippen LogP contribution in [0, 0.1) is 5.41 Å². The van der Waals surface area contributed by atoms with Crippen LogP contribution in [0.5, 0.6) is 0 Å². The van der Waals surface area contributed by atoms with Crippen LogP contribution in [0.3, 0.4) is 0 Å². The number of nitrogens with two attached hydrogens (primary N) is 1. The summed E-state index contributed by atoms with van der Waals surface area (Å²) in [5.41, 5.74) is 7.16. The van der Waals surface area contributed by atoms with Crippen molar-refractivity contribution in [1.29, 1.82) is 0 Å². The second-order valence-electron chi connectivity index (χ2n) is 5.26. The second kappa shape index (κ2) is 3.87. The van der Waals surface area contributed by atoms with Crippen molar-refractivity contribution in [3.63, 3.8) is 0 Å². The Morgan fingerprint density at radius 3 is 2.71 bits per heavy atom. The number of nitrogens with zero attached hydrogens (tertiary/aromatic N) is 3. The van der Waals surface area contributed by atoms with E-state index < -0.39 is 0 Å². The summed E-state index contributed by atoms with van der Waals surface area (Å²) < 4.78 is 0. The predicted octanol–water partition coefficient (Wildman–Crippen LogP) is 1.78. The minimum absolute atomic E-state index is 0.127. The molecular weight excluding hydrogens is 216 g/mol. The predicted molar refractivity (Wildman–Crippen MR) is 68.6 cm³/mol. The zero-order chi connectivity index (χ0) is 12.6. The quantitative estimate of drug-likeness (QED) is 0.736. The van der Waals surface area contributed by atoms with Crippen molar-refractivity contribution < 1.29 is 0 Å². The van der Waals surface area contributed by atoms with Crippen LogP contribution < -0.4 is 11.1 Å². The van der Waals surface area contributed by atoms with Crippen LogP contribution in [0.25, 0.3) is 11.2 Å². The van der Waals surface area contributed by atoms with Gasteiger partial charge in [0.25, 0.3) is 0 Å². The van der Waals surface area contributed by atoms with E-state index in [9.17, 15) is 0 Å². The van der Waals surface area contributed by atoms with E-state index in [1.807, 2.05) is 0 Å². The molecule has 0 fully saturated rings. The molecule has 0 radical (unpaired) electrons. The molecule has 0 aliphatic rings. The van der Waals surface area contributed by atoms with E-state index in [1.54, 1.807) is 6.33 Å². The Bertz CT molecular complexity index is 524. The number of rotatable bonds is 2. The van der Waals surface area contributed by atoms with E-state index in [4.69, 9.17) is 5.73 Å². The molecule has 92 valence electrons. The van der Waals surface area contributed by atoms with Gasteiger partial charge < -0.3 is 16.0 Å². The molecule has 0 unspecified atom stereocenters. The molecule has 0 amide bonds. The van der Waals surface area contributed by atoms with Gasteiger partial charge in [-0.1, -0.05) is 20.8 Å². The van der Waals surface area contributed by atoms with E-state index in [1.165, 1.54) is 0 Å². The number of fused-ring (bicyclic) bond motifs is 1. The maximum atomic E-state index is 5.66. The van der Waals surface area contributed by atoms with E-state index in [0.717, 1.165) is 5.52 Å². The Labute approximate surface area is 100 Å². The van der Waals surface area contributed by atoms with Crippen LogP contribution >= 0.6 is 0 Å². The summed E-state index contributed by atoms with van der Waals surface area (Å²) in [7, 11) is 0. The van der Waals surface area contributed by atoms with Crippen LogP contribution in [-0.2, 0) is 0 Å². The summed E-state index contributed by atoms with van der Waals surface area (Å²) in [6.45, 7) is 8.60. The molecule has 1 atom stereocenters. The highest BCUT2D eigenvalue weighted by Crippen LogP contribution is 2.25. The van der Waals surface area contributed by atoms with Gasteiger partial charge >= 0.3 is 0 Å². The molecule has 17 heavy (non-hydrogen) atoms. The zero-order valence-corrected chi connectivity index (χ0v) is 10.6. The van der Waals surface area contributed by atoms with Gasteiger partial charge in [-0.2, -0.15) is 9.97 Å². The molecule has 2 heterocycles. The number of hydrogen-bond donors (Lipinski definition) is 3. The van der Waals surface area contributed by atoms with E-state index in [2.05, 4.69) is 52.9 Å². The molecule has 0 aliphatic carbocycles. The van der Waals surface area contributed by atoms with Gasteiger partial charge in [0.15, 0.2) is 11.5 Å². The van der Waals surface area contributed by atoms with Crippen LogP contribution in [0.2, 0.25) is 0 Å². The molecule has 0 saturated carbocycles. The minimum Gasteiger partial charge on any atom is -0.368 e. The molecule has 0 saturated heterocycles. The second-order valence-corrected chi connectivity index (χ2v) is 5.26. The highest BCUT2D eigenvalue weighted by molar-refractivity contribution is 5.83. The number of hydrogen-bond acceptors (Lipinski definition) is 5. The Hall–Kier alpha value is -1.85. The van der Waals surface area contributed by atoms with Gasteiger partial charge in [0.05, 0.1) is 6.33 Å². The summed E-state index contributed by atoms with van der Waals surface area (Å²) in [6, 6.07) is 0.247. The van der Waals surface area contributed by atoms with Gasteiger partial charge in [0.2, 0.25) is 5.95 Å². The lowest BCUT2D eigenvalue weighted by Gasteiger charge is -2.28. The van der Waals surface area contributed by atoms with Gasteiger partial charge in [0, 0.05) is 6.04 Å². The Balaban J connectivity index is 2.38. The van der Waals surface area contributed by atoms with Crippen LogP contribution in [0.1, 0.15) is 27.7 Å². The summed E-state index contributed by atoms with van der Waals surface area (Å²) >= 11 is 0. The summed E-state index contributed by atoms with van der Waals surface area (Å²) in [5, 5.41) is 3.34. The van der Waals surface area contributed by atoms with E-state index in [0.29, 0.717) is 11.5 Å². The number of anilines is 2. The smallest absolute Gasteiger partial charge is 0.224 e. The van der Waals surface area contributed by atoms with Crippen molar-refractivity contribution in [1.82, 2.24) is 19.9 Å². The molecule has 2 rings (SSSR count). The Morgan fingerprint density at radius 1 is 1.35 bits per heavy atom. The van der Waals surface area contributed by atoms with Crippen molar-refractivity contribution in [3.05, 3.63) is 6.33 Å². The summed E-state index contributed by atoms with van der Waals surface area (Å²) in [5.74, 6) is 0.918. The van der Waals surface area contributed by atoms with Gasteiger partial charge in [-0.3, -0.25) is 0 Å². The first-order valence-electron chi connectivity index (χ1n) is 5.61. The highest BCUT2D eigenvalue weighted by atomic mass is 15.1. The number of H-pyrrole nitrogens is 1. The number of nitrogen functional groups attached to an aromatic ring is 1. The Morgan fingerprint density at radius 2 is 2.06 bits per heavy atom. The highest BCUT2D eigenvalue weighted by Gasteiger charge is 2.21. The van der Waals surface area contributed by atoms with Crippen LogP contribution in [-0.4, -0.2) is 26.0 Å². The largest absolute Gasteiger partial charge is 0.368 e. The fourth-order valence-electron chi connectivity index (χ4n) is 1.38. The molecular formula is C11H18N6. The molecule has 6 heteroatoms. The maximum Gasteiger partial charge on any atom is 0.224 e. The first-order chi connectivity index (χ1) is 7.88. The number of aromatic amines is 1. The molecule has 0 spiro atoms. The standard InChI is InChI=1S/C11H18N6/c1-6(11(2,3)4)15-9-7-8(14-5-13-7)16-10(12)17-9/h5-6H,1-4H3,(H4,12,13,14,15,16,17)/t6-/m1/s1. The topological polar surface area (TPSA) is 92.5 Å². The SMILES string of the molecule is C[C@@H](Nc1nc(N)nc2[nH]cnc12)C(C)(C)C. The molecule has 0 bridgehead atoms. The third-order valence-electron chi connectivity index (χ3n) is 2.95. The first kappa shape index (κ1) is 11.6. The third-order valence-corrected chi connectivity index (χ3v) is 2.95. The van der Waals surface area contributed by atoms with Gasteiger partial charge in [-0.15, -0.1) is 0 Å². The molecule has 0 aliphatic heterocycles. The fourth-order valence-corrected chi connectivity index (χ4v) is 1.38. The fraction of sp³-hybridized carbons (Fsp3) is 0.545. The van der Waals surface area contributed by atoms with Crippen molar-refractivity contribution in [3.8, 4) is 0 Å². The van der Waals surface area contributed by atoms with Gasteiger partial charge in [0.1, 0.15) is 5.52 Å². The molecule has 2 aromatic heterocycles. The number of imidazole rings is 1. The van der Waals surface area contributed by atoms with Crippen LogP contribution in [0.15, 0.2) is 6.33 Å². The molecule has 0 aromatic carbocycles. The zero-order valence-electron chi connectivity index (χ0n) is 10.6.